The number of hydrogen-bond acceptors (Lipinski definition) is 7. The van der Waals surface area contributed by atoms with E-state index in [9.17, 15) is 0 Å². The minimum Gasteiger partial charge on any atom is -0.494 e. The molecule has 0 aliphatic carbocycles. The Morgan fingerprint density at radius 3 is 2.37 bits per heavy atom. The molecule has 1 atom stereocenters. The van der Waals surface area contributed by atoms with Gasteiger partial charge in [-0.2, -0.15) is 9.78 Å². The molecule has 43 heavy (non-hydrogen) atoms. The molecule has 2 aromatic heterocycles. The van der Waals surface area contributed by atoms with Gasteiger partial charge in [0.15, 0.2) is 23.3 Å². The van der Waals surface area contributed by atoms with E-state index in [2.05, 4.69) is 72.4 Å². The summed E-state index contributed by atoms with van der Waals surface area (Å²) in [5.74, 6) is 4.10. The molecule has 0 saturated heterocycles. The topological polar surface area (TPSA) is 79.9 Å². The van der Waals surface area contributed by atoms with Crippen LogP contribution in [0, 0.1) is 6.92 Å². The van der Waals surface area contributed by atoms with E-state index in [1.165, 1.54) is 5.56 Å². The van der Waals surface area contributed by atoms with Crippen molar-refractivity contribution in [3.05, 3.63) is 120 Å². The lowest BCUT2D eigenvalue weighted by atomic mass is 9.91. The molecule has 0 fully saturated rings. The van der Waals surface area contributed by atoms with Crippen molar-refractivity contribution in [1.29, 1.82) is 0 Å². The Labute approximate surface area is 251 Å². The van der Waals surface area contributed by atoms with Crippen LogP contribution >= 0.6 is 0 Å². The van der Waals surface area contributed by atoms with E-state index in [-0.39, 0.29) is 6.04 Å². The molecule has 0 radical (unpaired) electrons. The van der Waals surface area contributed by atoms with E-state index in [1.54, 1.807) is 6.20 Å². The van der Waals surface area contributed by atoms with Gasteiger partial charge in [-0.3, -0.25) is 0 Å². The highest BCUT2D eigenvalue weighted by atomic mass is 16.5. The molecule has 0 amide bonds. The van der Waals surface area contributed by atoms with Gasteiger partial charge in [-0.1, -0.05) is 56.3 Å². The third-order valence-corrected chi connectivity index (χ3v) is 7.85. The van der Waals surface area contributed by atoms with Crippen LogP contribution in [0.1, 0.15) is 55.1 Å². The number of rotatable bonds is 6. The van der Waals surface area contributed by atoms with Gasteiger partial charge in [0.1, 0.15) is 5.75 Å². The highest BCUT2D eigenvalue weighted by Gasteiger charge is 2.41. The molecule has 1 N–H and O–H groups in total. The Balaban J connectivity index is 1.44. The summed E-state index contributed by atoms with van der Waals surface area (Å²) in [4.78, 5) is 17.3. The number of anilines is 2. The molecule has 3 aromatic carbocycles. The third kappa shape index (κ3) is 4.74. The maximum absolute atomic E-state index is 5.66. The number of aryl methyl sites for hydroxylation is 1. The standard InChI is InChI=1S/C35H33N7O/c1-5-43-27-19-17-26(18-20-27)37-33-35-39-34-31(23(4)40-42(34)30-12-8-9-21-36-30)32(25-15-13-24(14-16-25)22(2)3)41(35)29-11-7-6-10-28(29)38-33/h6-22,32H,5H2,1-4H3,(H,37,38)/t32-/m1/s1. The first-order valence-corrected chi connectivity index (χ1v) is 14.7. The number of nitrogens with zero attached hydrogens (tertiary/aromatic N) is 6. The second kappa shape index (κ2) is 10.9. The maximum atomic E-state index is 5.66. The van der Waals surface area contributed by atoms with Gasteiger partial charge >= 0.3 is 0 Å². The summed E-state index contributed by atoms with van der Waals surface area (Å²) in [6.45, 7) is 9.09. The monoisotopic (exact) mass is 567 g/mol. The van der Waals surface area contributed by atoms with Gasteiger partial charge in [-0.25, -0.2) is 15.0 Å². The zero-order chi connectivity index (χ0) is 29.5. The fraction of sp³-hybridized carbons (Fsp3) is 0.200. The van der Waals surface area contributed by atoms with Gasteiger partial charge in [-0.15, -0.1) is 0 Å². The maximum Gasteiger partial charge on any atom is 0.179 e. The van der Waals surface area contributed by atoms with E-state index in [1.807, 2.05) is 66.2 Å². The van der Waals surface area contributed by atoms with Gasteiger partial charge in [0.25, 0.3) is 0 Å². The van der Waals surface area contributed by atoms with Crippen molar-refractivity contribution in [2.75, 3.05) is 16.8 Å². The van der Waals surface area contributed by atoms with Crippen molar-refractivity contribution in [1.82, 2.24) is 14.8 Å². The first-order valence-electron chi connectivity index (χ1n) is 14.7. The van der Waals surface area contributed by atoms with Crippen LogP contribution in [0.5, 0.6) is 5.75 Å². The minimum absolute atomic E-state index is 0.185. The smallest absolute Gasteiger partial charge is 0.179 e. The molecule has 214 valence electrons. The number of amidine groups is 2. The van der Waals surface area contributed by atoms with Crippen LogP contribution < -0.4 is 15.0 Å². The first kappa shape index (κ1) is 26.6. The Morgan fingerprint density at radius 2 is 1.65 bits per heavy atom. The zero-order valence-electron chi connectivity index (χ0n) is 24.7. The summed E-state index contributed by atoms with van der Waals surface area (Å²) < 4.78 is 7.51. The van der Waals surface area contributed by atoms with Crippen LogP contribution in [0.2, 0.25) is 0 Å². The van der Waals surface area contributed by atoms with Gasteiger partial charge < -0.3 is 15.0 Å². The molecule has 5 aromatic rings. The summed E-state index contributed by atoms with van der Waals surface area (Å²) in [7, 11) is 0. The molecule has 8 heteroatoms. The molecular formula is C35H33N7O. The Morgan fingerprint density at radius 1 is 0.884 bits per heavy atom. The number of hydrogen-bond donors (Lipinski definition) is 1. The molecular weight excluding hydrogens is 534 g/mol. The van der Waals surface area contributed by atoms with Gasteiger partial charge in [0.2, 0.25) is 0 Å². The van der Waals surface area contributed by atoms with Crippen LogP contribution in [0.25, 0.3) is 5.82 Å². The van der Waals surface area contributed by atoms with Crippen LogP contribution in [0.4, 0.5) is 22.9 Å². The molecule has 4 heterocycles. The lowest BCUT2D eigenvalue weighted by Gasteiger charge is -2.40. The Bertz CT molecular complexity index is 1840. The van der Waals surface area contributed by atoms with Gasteiger partial charge in [-0.05, 0) is 79.4 Å². The Hall–Kier alpha value is -5.24. The molecule has 0 bridgehead atoms. The molecule has 2 aliphatic rings. The van der Waals surface area contributed by atoms with Crippen molar-refractivity contribution in [2.24, 2.45) is 9.98 Å². The molecule has 8 nitrogen and oxygen atoms in total. The van der Waals surface area contributed by atoms with Crippen molar-refractivity contribution < 1.29 is 4.74 Å². The van der Waals surface area contributed by atoms with Crippen LogP contribution in [0.3, 0.4) is 0 Å². The number of nitrogens with one attached hydrogen (secondary N) is 1. The summed E-state index contributed by atoms with van der Waals surface area (Å²) in [5.41, 5.74) is 7.16. The van der Waals surface area contributed by atoms with Gasteiger partial charge in [0, 0.05) is 17.4 Å². The van der Waals surface area contributed by atoms with Crippen molar-refractivity contribution >= 4 is 34.6 Å². The summed E-state index contributed by atoms with van der Waals surface area (Å²) >= 11 is 0. The normalized spacial score (nSPS) is 15.3. The lowest BCUT2D eigenvalue weighted by molar-refractivity contribution is 0.340. The average molecular weight is 568 g/mol. The SMILES string of the molecule is CCOc1ccc(NC2=Nc3ccccc3N3C2=Nc2c(c(C)nn2-c2ccccn2)[C@H]3c2ccc(C(C)C)cc2)cc1. The van der Waals surface area contributed by atoms with E-state index in [0.29, 0.717) is 24.2 Å². The number of pyridine rings is 1. The van der Waals surface area contributed by atoms with Crippen molar-refractivity contribution in [3.8, 4) is 11.6 Å². The zero-order valence-corrected chi connectivity index (χ0v) is 24.7. The lowest BCUT2D eigenvalue weighted by Crippen LogP contribution is -2.46. The molecule has 0 spiro atoms. The second-order valence-electron chi connectivity index (χ2n) is 11.0. The highest BCUT2D eigenvalue weighted by molar-refractivity contribution is 6.51. The van der Waals surface area contributed by atoms with Crippen molar-refractivity contribution in [3.63, 3.8) is 0 Å². The predicted octanol–water partition coefficient (Wildman–Crippen LogP) is 7.89. The van der Waals surface area contributed by atoms with E-state index in [4.69, 9.17) is 19.8 Å². The molecule has 0 saturated carbocycles. The summed E-state index contributed by atoms with van der Waals surface area (Å²) in [5, 5.41) is 8.54. The van der Waals surface area contributed by atoms with Crippen molar-refractivity contribution in [2.45, 2.75) is 39.7 Å². The number of ether oxygens (including phenoxy) is 1. The number of aliphatic imine (C=N–C) groups is 2. The quantitative estimate of drug-likeness (QED) is 0.226. The predicted molar refractivity (Wildman–Crippen MR) is 173 cm³/mol. The second-order valence-corrected chi connectivity index (χ2v) is 11.0. The fourth-order valence-corrected chi connectivity index (χ4v) is 5.75. The number of fused-ring (bicyclic) bond motifs is 4. The van der Waals surface area contributed by atoms with E-state index < -0.39 is 0 Å². The van der Waals surface area contributed by atoms with E-state index >= 15 is 0 Å². The van der Waals surface area contributed by atoms with Crippen LogP contribution in [0.15, 0.2) is 107 Å². The largest absolute Gasteiger partial charge is 0.494 e. The summed E-state index contributed by atoms with van der Waals surface area (Å²) in [6.07, 6.45) is 1.78. The minimum atomic E-state index is -0.185. The third-order valence-electron chi connectivity index (χ3n) is 7.85. The molecule has 7 rings (SSSR count). The number of benzene rings is 3. The van der Waals surface area contributed by atoms with Gasteiger partial charge in [0.05, 0.1) is 29.7 Å². The van der Waals surface area contributed by atoms with Crippen LogP contribution in [-0.4, -0.2) is 33.0 Å². The molecule has 0 unspecified atom stereocenters. The average Bonchev–Trinajstić information content (AvgIpc) is 3.37. The summed E-state index contributed by atoms with van der Waals surface area (Å²) in [6, 6.07) is 30.7. The number of aromatic nitrogens is 3. The number of para-hydroxylation sites is 2. The first-order chi connectivity index (χ1) is 21.0. The highest BCUT2D eigenvalue weighted by Crippen LogP contribution is 2.48. The molecule has 2 aliphatic heterocycles. The fourth-order valence-electron chi connectivity index (χ4n) is 5.75. The van der Waals surface area contributed by atoms with Crippen LogP contribution in [-0.2, 0) is 0 Å². The van der Waals surface area contributed by atoms with E-state index in [0.717, 1.165) is 51.3 Å². The Kier molecular flexibility index (Phi) is 6.74.